The van der Waals surface area contributed by atoms with Crippen LogP contribution in [-0.4, -0.2) is 47.6 Å². The van der Waals surface area contributed by atoms with Gasteiger partial charge in [0.05, 0.1) is 0 Å². The lowest BCUT2D eigenvalue weighted by atomic mass is 10.1. The van der Waals surface area contributed by atoms with Crippen LogP contribution >= 0.6 is 0 Å². The molecule has 1 unspecified atom stereocenters. The van der Waals surface area contributed by atoms with Crippen molar-refractivity contribution >= 4 is 11.8 Å². The number of carbonyl (C=O) groups excluding carboxylic acids is 2. The molecule has 2 N–H and O–H groups in total. The van der Waals surface area contributed by atoms with Crippen LogP contribution in [0.5, 0.6) is 0 Å². The minimum Gasteiger partial charge on any atom is -0.396 e. The summed E-state index contributed by atoms with van der Waals surface area (Å²) >= 11 is 0. The molecule has 98 valence electrons. The number of amides is 2. The number of nitrogens with one attached hydrogen (secondary N) is 1. The van der Waals surface area contributed by atoms with Crippen LogP contribution in [-0.2, 0) is 9.59 Å². The summed E-state index contributed by atoms with van der Waals surface area (Å²) in [6.45, 7) is 3.36. The van der Waals surface area contributed by atoms with Gasteiger partial charge in [-0.1, -0.05) is 6.92 Å². The predicted octanol–water partition coefficient (Wildman–Crippen LogP) is 0.276. The van der Waals surface area contributed by atoms with Crippen molar-refractivity contribution in [1.29, 1.82) is 0 Å². The number of carbonyl (C=O) groups is 2. The van der Waals surface area contributed by atoms with Crippen molar-refractivity contribution in [3.05, 3.63) is 0 Å². The molecule has 0 saturated carbocycles. The summed E-state index contributed by atoms with van der Waals surface area (Å²) in [7, 11) is 0. The van der Waals surface area contributed by atoms with Gasteiger partial charge in [-0.15, -0.1) is 0 Å². The third-order valence-electron chi connectivity index (χ3n) is 3.12. The first kappa shape index (κ1) is 14.0. The van der Waals surface area contributed by atoms with Crippen LogP contribution < -0.4 is 5.32 Å². The molecule has 1 rings (SSSR count). The molecule has 5 nitrogen and oxygen atoms in total. The minimum atomic E-state index is -0.0370. The van der Waals surface area contributed by atoms with Gasteiger partial charge in [0.2, 0.25) is 11.8 Å². The topological polar surface area (TPSA) is 69.6 Å². The smallest absolute Gasteiger partial charge is 0.222 e. The van der Waals surface area contributed by atoms with Crippen LogP contribution in [0.2, 0.25) is 0 Å². The molecule has 1 atom stereocenters. The fraction of sp³-hybridized carbons (Fsp3) is 0.833. The Bertz CT molecular complexity index is 268. The molecule has 2 amide bonds. The fourth-order valence-corrected chi connectivity index (χ4v) is 2.01. The number of hydrogen-bond donors (Lipinski definition) is 2. The molecule has 1 aliphatic heterocycles. The van der Waals surface area contributed by atoms with Crippen molar-refractivity contribution in [2.45, 2.75) is 45.1 Å². The van der Waals surface area contributed by atoms with Gasteiger partial charge < -0.3 is 15.3 Å². The minimum absolute atomic E-state index is 0.0370. The van der Waals surface area contributed by atoms with Gasteiger partial charge in [-0.25, -0.2) is 0 Å². The van der Waals surface area contributed by atoms with E-state index in [1.165, 1.54) is 0 Å². The summed E-state index contributed by atoms with van der Waals surface area (Å²) in [6.07, 6.45) is 3.28. The Hall–Kier alpha value is -1.10. The number of aliphatic hydroxyl groups excluding tert-OH is 1. The van der Waals surface area contributed by atoms with Crippen molar-refractivity contribution in [3.63, 3.8) is 0 Å². The van der Waals surface area contributed by atoms with Gasteiger partial charge in [-0.05, 0) is 19.3 Å². The quantitative estimate of drug-likeness (QED) is 0.673. The molecule has 1 fully saturated rings. The molecule has 0 aliphatic carbocycles. The van der Waals surface area contributed by atoms with Crippen LogP contribution in [0.4, 0.5) is 0 Å². The molecule has 0 aromatic rings. The molecule has 0 spiro atoms. The predicted molar refractivity (Wildman–Crippen MR) is 64.4 cm³/mol. The summed E-state index contributed by atoms with van der Waals surface area (Å²) in [5.74, 6) is 0.116. The van der Waals surface area contributed by atoms with Gasteiger partial charge in [-0.3, -0.25) is 9.59 Å². The first-order chi connectivity index (χ1) is 8.17. The zero-order valence-electron chi connectivity index (χ0n) is 10.4. The molecular weight excluding hydrogens is 220 g/mol. The number of aliphatic hydroxyl groups is 1. The zero-order valence-corrected chi connectivity index (χ0v) is 10.4. The van der Waals surface area contributed by atoms with Crippen molar-refractivity contribution in [2.24, 2.45) is 0 Å². The van der Waals surface area contributed by atoms with E-state index in [0.29, 0.717) is 25.8 Å². The maximum atomic E-state index is 11.6. The fourth-order valence-electron chi connectivity index (χ4n) is 2.01. The van der Waals surface area contributed by atoms with Crippen LogP contribution in [0.15, 0.2) is 0 Å². The molecule has 0 aromatic carbocycles. The summed E-state index contributed by atoms with van der Waals surface area (Å²) < 4.78 is 0. The summed E-state index contributed by atoms with van der Waals surface area (Å²) in [4.78, 5) is 24.7. The first-order valence-electron chi connectivity index (χ1n) is 6.35. The second kappa shape index (κ2) is 7.27. The zero-order chi connectivity index (χ0) is 12.7. The second-order valence-corrected chi connectivity index (χ2v) is 4.42. The van der Waals surface area contributed by atoms with Gasteiger partial charge in [0.25, 0.3) is 0 Å². The highest BCUT2D eigenvalue weighted by Crippen LogP contribution is 2.09. The van der Waals surface area contributed by atoms with E-state index >= 15 is 0 Å². The Morgan fingerprint density at radius 2 is 2.35 bits per heavy atom. The summed E-state index contributed by atoms with van der Waals surface area (Å²) in [5.41, 5.74) is 0. The Balaban J connectivity index is 2.22. The van der Waals surface area contributed by atoms with Crippen LogP contribution in [0.1, 0.15) is 39.0 Å². The van der Waals surface area contributed by atoms with E-state index < -0.39 is 0 Å². The van der Waals surface area contributed by atoms with Crippen LogP contribution in [0, 0.1) is 0 Å². The van der Waals surface area contributed by atoms with E-state index in [-0.39, 0.29) is 24.5 Å². The molecule has 0 aromatic heterocycles. The second-order valence-electron chi connectivity index (χ2n) is 4.42. The average molecular weight is 242 g/mol. The maximum Gasteiger partial charge on any atom is 0.222 e. The van der Waals surface area contributed by atoms with E-state index in [2.05, 4.69) is 5.32 Å². The van der Waals surface area contributed by atoms with Gasteiger partial charge in [0.15, 0.2) is 0 Å². The molecule has 1 heterocycles. The SMILES string of the molecule is CCC(CCO)NC(=O)CCN1CCCC1=O. The Morgan fingerprint density at radius 1 is 1.59 bits per heavy atom. The molecule has 0 radical (unpaired) electrons. The summed E-state index contributed by atoms with van der Waals surface area (Å²) in [5, 5.41) is 11.7. The van der Waals surface area contributed by atoms with Gasteiger partial charge in [0, 0.05) is 38.6 Å². The number of rotatable bonds is 7. The standard InChI is InChI=1S/C12H22N2O3/c1-2-10(6-9-15)13-11(16)5-8-14-7-3-4-12(14)17/h10,15H,2-9H2,1H3,(H,13,16). The summed E-state index contributed by atoms with van der Waals surface area (Å²) in [6, 6.07) is 0.0433. The third kappa shape index (κ3) is 4.73. The van der Waals surface area contributed by atoms with Crippen LogP contribution in [0.25, 0.3) is 0 Å². The highest BCUT2D eigenvalue weighted by atomic mass is 16.3. The lowest BCUT2D eigenvalue weighted by Gasteiger charge is -2.18. The molecule has 5 heteroatoms. The lowest BCUT2D eigenvalue weighted by Crippen LogP contribution is -2.37. The maximum absolute atomic E-state index is 11.6. The monoisotopic (exact) mass is 242 g/mol. The van der Waals surface area contributed by atoms with Gasteiger partial charge >= 0.3 is 0 Å². The van der Waals surface area contributed by atoms with E-state index in [0.717, 1.165) is 19.4 Å². The van der Waals surface area contributed by atoms with E-state index in [4.69, 9.17) is 5.11 Å². The van der Waals surface area contributed by atoms with Crippen molar-refractivity contribution in [1.82, 2.24) is 10.2 Å². The Morgan fingerprint density at radius 3 is 2.88 bits per heavy atom. The normalized spacial score (nSPS) is 17.3. The lowest BCUT2D eigenvalue weighted by molar-refractivity contribution is -0.128. The van der Waals surface area contributed by atoms with E-state index in [1.54, 1.807) is 4.90 Å². The van der Waals surface area contributed by atoms with Gasteiger partial charge in [0.1, 0.15) is 0 Å². The highest BCUT2D eigenvalue weighted by molar-refractivity contribution is 5.80. The van der Waals surface area contributed by atoms with Gasteiger partial charge in [-0.2, -0.15) is 0 Å². The van der Waals surface area contributed by atoms with E-state index in [1.807, 2.05) is 6.92 Å². The molecule has 1 saturated heterocycles. The molecule has 17 heavy (non-hydrogen) atoms. The van der Waals surface area contributed by atoms with Crippen molar-refractivity contribution < 1.29 is 14.7 Å². The van der Waals surface area contributed by atoms with Crippen molar-refractivity contribution in [2.75, 3.05) is 19.7 Å². The van der Waals surface area contributed by atoms with Crippen LogP contribution in [0.3, 0.4) is 0 Å². The Labute approximate surface area is 102 Å². The molecular formula is C12H22N2O3. The Kier molecular flexibility index (Phi) is 5.97. The average Bonchev–Trinajstić information content (AvgIpc) is 2.71. The third-order valence-corrected chi connectivity index (χ3v) is 3.12. The highest BCUT2D eigenvalue weighted by Gasteiger charge is 2.20. The number of hydrogen-bond acceptors (Lipinski definition) is 3. The number of likely N-dealkylation sites (tertiary alicyclic amines) is 1. The van der Waals surface area contributed by atoms with E-state index in [9.17, 15) is 9.59 Å². The molecule has 1 aliphatic rings. The first-order valence-corrected chi connectivity index (χ1v) is 6.35. The molecule has 0 bridgehead atoms. The number of nitrogens with zero attached hydrogens (tertiary/aromatic N) is 1. The van der Waals surface area contributed by atoms with Crippen molar-refractivity contribution in [3.8, 4) is 0 Å². The largest absolute Gasteiger partial charge is 0.396 e.